The summed E-state index contributed by atoms with van der Waals surface area (Å²) in [5.74, 6) is 0.869. The van der Waals surface area contributed by atoms with E-state index in [0.29, 0.717) is 23.9 Å². The van der Waals surface area contributed by atoms with E-state index in [1.54, 1.807) is 0 Å². The average molecular weight is 480 g/mol. The number of benzene rings is 1. The SMILES string of the molecule is CCOc1ccc2nc(N(CCCN3CCOCC3)C(=O)Cc3ccc(Cl)s3)sc2c1. The molecule has 0 unspecified atom stereocenters. The van der Waals surface area contributed by atoms with E-state index < -0.39 is 0 Å². The van der Waals surface area contributed by atoms with Gasteiger partial charge in [0.1, 0.15) is 5.75 Å². The van der Waals surface area contributed by atoms with E-state index in [9.17, 15) is 4.79 Å². The van der Waals surface area contributed by atoms with Gasteiger partial charge in [-0.25, -0.2) is 4.98 Å². The topological polar surface area (TPSA) is 54.9 Å². The van der Waals surface area contributed by atoms with Crippen LogP contribution < -0.4 is 9.64 Å². The first-order valence-electron chi connectivity index (χ1n) is 10.5. The van der Waals surface area contributed by atoms with Gasteiger partial charge in [-0.3, -0.25) is 14.6 Å². The minimum absolute atomic E-state index is 0.0459. The predicted molar refractivity (Wildman–Crippen MR) is 128 cm³/mol. The minimum Gasteiger partial charge on any atom is -0.494 e. The fourth-order valence-electron chi connectivity index (χ4n) is 3.56. The van der Waals surface area contributed by atoms with Crippen LogP contribution in [0.25, 0.3) is 10.2 Å². The van der Waals surface area contributed by atoms with Crippen molar-refractivity contribution in [1.82, 2.24) is 9.88 Å². The number of aromatic nitrogens is 1. The van der Waals surface area contributed by atoms with Crippen LogP contribution in [0.15, 0.2) is 30.3 Å². The Balaban J connectivity index is 1.51. The van der Waals surface area contributed by atoms with Crippen LogP contribution in [0.5, 0.6) is 5.75 Å². The number of fused-ring (bicyclic) bond motifs is 1. The van der Waals surface area contributed by atoms with Gasteiger partial charge in [-0.1, -0.05) is 22.9 Å². The number of hydrogen-bond acceptors (Lipinski definition) is 7. The molecule has 2 aromatic heterocycles. The molecule has 0 spiro atoms. The standard InChI is InChI=1S/C22H26ClN3O3S2/c1-2-29-16-4-6-18-19(14-16)31-22(24-18)26(9-3-8-25-10-12-28-13-11-25)21(27)15-17-5-7-20(23)30-17/h4-7,14H,2-3,8-13,15H2,1H3. The number of carbonyl (C=O) groups is 1. The zero-order valence-electron chi connectivity index (χ0n) is 17.5. The summed E-state index contributed by atoms with van der Waals surface area (Å²) in [4.78, 5) is 23.2. The third kappa shape index (κ3) is 5.96. The van der Waals surface area contributed by atoms with Crippen molar-refractivity contribution in [3.8, 4) is 5.75 Å². The maximum Gasteiger partial charge on any atom is 0.234 e. The van der Waals surface area contributed by atoms with Crippen molar-refractivity contribution in [2.24, 2.45) is 0 Å². The van der Waals surface area contributed by atoms with Crippen molar-refractivity contribution in [1.29, 1.82) is 0 Å². The van der Waals surface area contributed by atoms with Crippen LogP contribution >= 0.6 is 34.3 Å². The minimum atomic E-state index is 0.0459. The zero-order chi connectivity index (χ0) is 21.6. The molecular weight excluding hydrogens is 454 g/mol. The predicted octanol–water partition coefficient (Wildman–Crippen LogP) is 4.71. The highest BCUT2D eigenvalue weighted by Gasteiger charge is 2.21. The fourth-order valence-corrected chi connectivity index (χ4v) is 5.68. The molecule has 0 N–H and O–H groups in total. The molecule has 1 amide bonds. The monoisotopic (exact) mass is 479 g/mol. The smallest absolute Gasteiger partial charge is 0.234 e. The number of amides is 1. The van der Waals surface area contributed by atoms with Crippen LogP contribution in [0.3, 0.4) is 0 Å². The second kappa shape index (κ2) is 10.7. The van der Waals surface area contributed by atoms with Gasteiger partial charge in [0.15, 0.2) is 5.13 Å². The Kier molecular flexibility index (Phi) is 7.79. The van der Waals surface area contributed by atoms with Crippen LogP contribution in [-0.2, 0) is 16.0 Å². The highest BCUT2D eigenvalue weighted by atomic mass is 35.5. The fraction of sp³-hybridized carbons (Fsp3) is 0.455. The number of nitrogens with zero attached hydrogens (tertiary/aromatic N) is 3. The van der Waals surface area contributed by atoms with E-state index in [1.165, 1.54) is 22.7 Å². The van der Waals surface area contributed by atoms with Crippen molar-refractivity contribution in [2.75, 3.05) is 50.9 Å². The molecule has 166 valence electrons. The summed E-state index contributed by atoms with van der Waals surface area (Å²) in [5, 5.41) is 0.735. The summed E-state index contributed by atoms with van der Waals surface area (Å²) >= 11 is 9.04. The van der Waals surface area contributed by atoms with Gasteiger partial charge in [0, 0.05) is 31.1 Å². The van der Waals surface area contributed by atoms with E-state index >= 15 is 0 Å². The Morgan fingerprint density at radius 3 is 2.84 bits per heavy atom. The number of hydrogen-bond donors (Lipinski definition) is 0. The van der Waals surface area contributed by atoms with Crippen LogP contribution in [0.1, 0.15) is 18.2 Å². The lowest BCUT2D eigenvalue weighted by Crippen LogP contribution is -2.39. The van der Waals surface area contributed by atoms with Gasteiger partial charge in [-0.15, -0.1) is 11.3 Å². The molecule has 0 aliphatic carbocycles. The summed E-state index contributed by atoms with van der Waals surface area (Å²) in [6.45, 7) is 7.61. The molecule has 1 saturated heterocycles. The van der Waals surface area contributed by atoms with Gasteiger partial charge in [0.2, 0.25) is 5.91 Å². The number of ether oxygens (including phenoxy) is 2. The molecule has 1 aliphatic heterocycles. The molecule has 1 aromatic carbocycles. The number of morpholine rings is 1. The molecule has 4 rings (SSSR count). The van der Waals surface area contributed by atoms with Crippen molar-refractivity contribution in [3.05, 3.63) is 39.5 Å². The second-order valence-corrected chi connectivity index (χ2v) is 10.1. The average Bonchev–Trinajstić information content (AvgIpc) is 3.37. The Labute approximate surface area is 195 Å². The molecule has 3 aromatic rings. The van der Waals surface area contributed by atoms with Gasteiger partial charge in [0.05, 0.1) is 40.8 Å². The largest absolute Gasteiger partial charge is 0.494 e. The molecule has 0 radical (unpaired) electrons. The Morgan fingerprint density at radius 2 is 2.10 bits per heavy atom. The number of thiazole rings is 1. The third-order valence-electron chi connectivity index (χ3n) is 5.11. The van der Waals surface area contributed by atoms with Crippen molar-refractivity contribution in [3.63, 3.8) is 0 Å². The first-order chi connectivity index (χ1) is 15.1. The molecule has 6 nitrogen and oxygen atoms in total. The Morgan fingerprint density at radius 1 is 1.26 bits per heavy atom. The Bertz CT molecular complexity index is 1020. The summed E-state index contributed by atoms with van der Waals surface area (Å²) in [5.41, 5.74) is 0.883. The maximum absolute atomic E-state index is 13.2. The lowest BCUT2D eigenvalue weighted by atomic mass is 10.3. The molecule has 0 saturated carbocycles. The highest BCUT2D eigenvalue weighted by Crippen LogP contribution is 2.32. The summed E-state index contributed by atoms with van der Waals surface area (Å²) in [6, 6.07) is 9.63. The van der Waals surface area contributed by atoms with E-state index in [4.69, 9.17) is 26.1 Å². The van der Waals surface area contributed by atoms with Gasteiger partial charge in [-0.2, -0.15) is 0 Å². The molecule has 1 aliphatic rings. The Hall–Kier alpha value is -1.71. The van der Waals surface area contributed by atoms with Gasteiger partial charge in [0.25, 0.3) is 0 Å². The van der Waals surface area contributed by atoms with Gasteiger partial charge >= 0.3 is 0 Å². The number of halogens is 1. The van der Waals surface area contributed by atoms with Crippen molar-refractivity contribution in [2.45, 2.75) is 19.8 Å². The van der Waals surface area contributed by atoms with Crippen LogP contribution in [-0.4, -0.2) is 61.8 Å². The van der Waals surface area contributed by atoms with Crippen molar-refractivity contribution >= 4 is 55.5 Å². The molecule has 3 heterocycles. The first-order valence-corrected chi connectivity index (χ1v) is 12.5. The zero-order valence-corrected chi connectivity index (χ0v) is 19.9. The highest BCUT2D eigenvalue weighted by molar-refractivity contribution is 7.22. The second-order valence-electron chi connectivity index (χ2n) is 7.29. The molecular formula is C22H26ClN3O3S2. The van der Waals surface area contributed by atoms with Crippen molar-refractivity contribution < 1.29 is 14.3 Å². The van der Waals surface area contributed by atoms with E-state index in [-0.39, 0.29) is 5.91 Å². The van der Waals surface area contributed by atoms with Crippen LogP contribution in [0.4, 0.5) is 5.13 Å². The number of carbonyl (C=O) groups excluding carboxylic acids is 1. The maximum atomic E-state index is 13.2. The molecule has 1 fully saturated rings. The lowest BCUT2D eigenvalue weighted by Gasteiger charge is -2.27. The summed E-state index contributed by atoms with van der Waals surface area (Å²) in [6.07, 6.45) is 1.21. The number of thiophene rings is 1. The van der Waals surface area contributed by atoms with E-state index in [2.05, 4.69) is 4.90 Å². The van der Waals surface area contributed by atoms with Gasteiger partial charge < -0.3 is 9.47 Å². The summed E-state index contributed by atoms with van der Waals surface area (Å²) in [7, 11) is 0. The van der Waals surface area contributed by atoms with Crippen LogP contribution in [0, 0.1) is 0 Å². The van der Waals surface area contributed by atoms with Crippen LogP contribution in [0.2, 0.25) is 4.34 Å². The third-order valence-corrected chi connectivity index (χ3v) is 7.38. The lowest BCUT2D eigenvalue weighted by molar-refractivity contribution is -0.118. The molecule has 9 heteroatoms. The summed E-state index contributed by atoms with van der Waals surface area (Å²) < 4.78 is 12.8. The van der Waals surface area contributed by atoms with E-state index in [0.717, 1.165) is 65.2 Å². The number of anilines is 1. The first kappa shape index (κ1) is 22.5. The number of rotatable bonds is 9. The molecule has 0 bridgehead atoms. The van der Waals surface area contributed by atoms with E-state index in [1.807, 2.05) is 42.2 Å². The van der Waals surface area contributed by atoms with Gasteiger partial charge in [-0.05, 0) is 43.7 Å². The molecule has 0 atom stereocenters. The normalized spacial score (nSPS) is 14.8. The quantitative estimate of drug-likeness (QED) is 0.445. The molecule has 31 heavy (non-hydrogen) atoms.